The number of rotatable bonds is 5. The molecule has 2 heterocycles. The van der Waals surface area contributed by atoms with Crippen LogP contribution in [0.2, 0.25) is 18.1 Å². The quantitative estimate of drug-likeness (QED) is 0.450. The highest BCUT2D eigenvalue weighted by Gasteiger charge is 2.39. The van der Waals surface area contributed by atoms with Gasteiger partial charge >= 0.3 is 0 Å². The molecule has 0 amide bonds. The summed E-state index contributed by atoms with van der Waals surface area (Å²) in [6.45, 7) is 11.0. The van der Waals surface area contributed by atoms with E-state index in [4.69, 9.17) is 4.43 Å². The molecule has 0 aliphatic rings. The van der Waals surface area contributed by atoms with Crippen LogP contribution in [0.15, 0.2) is 48.0 Å². The maximum absolute atomic E-state index is 12.8. The lowest BCUT2D eigenvalue weighted by Crippen LogP contribution is -2.43. The van der Waals surface area contributed by atoms with E-state index >= 15 is 0 Å². The van der Waals surface area contributed by atoms with Crippen molar-refractivity contribution >= 4 is 25.4 Å². The van der Waals surface area contributed by atoms with Gasteiger partial charge in [-0.2, -0.15) is 0 Å². The van der Waals surface area contributed by atoms with E-state index in [1.54, 1.807) is 5.38 Å². The van der Waals surface area contributed by atoms with Crippen LogP contribution in [0.5, 0.6) is 5.75 Å². The largest absolute Gasteiger partial charge is 0.543 e. The second-order valence-corrected chi connectivity index (χ2v) is 13.4. The number of aromatic nitrogens is 2. The zero-order valence-electron chi connectivity index (χ0n) is 15.8. The molecule has 0 fully saturated rings. The maximum Gasteiger partial charge on any atom is 0.250 e. The molecule has 0 unspecified atom stereocenters. The third-order valence-corrected chi connectivity index (χ3v) is 10.1. The number of carbonyl (C=O) groups excluding carboxylic acids is 1. The number of H-pyrrole nitrogens is 1. The number of aromatic amines is 1. The summed E-state index contributed by atoms with van der Waals surface area (Å²) in [5.74, 6) is 0.669. The Morgan fingerprint density at radius 3 is 2.62 bits per heavy atom. The number of benzene rings is 1. The van der Waals surface area contributed by atoms with Crippen molar-refractivity contribution in [1.82, 2.24) is 9.97 Å². The molecule has 1 aromatic carbocycles. The molecule has 0 atom stereocenters. The van der Waals surface area contributed by atoms with Gasteiger partial charge in [0.25, 0.3) is 0 Å². The Labute approximate surface area is 159 Å². The van der Waals surface area contributed by atoms with E-state index in [9.17, 15) is 4.79 Å². The summed E-state index contributed by atoms with van der Waals surface area (Å²) in [5, 5.41) is 2.72. The molecule has 2 aromatic heterocycles. The molecule has 0 bridgehead atoms. The molecular formula is C20H24N2O2SSi. The molecule has 0 radical (unpaired) electrons. The topological polar surface area (TPSA) is 55.0 Å². The van der Waals surface area contributed by atoms with Gasteiger partial charge in [0.2, 0.25) is 14.1 Å². The van der Waals surface area contributed by atoms with E-state index in [0.29, 0.717) is 11.3 Å². The van der Waals surface area contributed by atoms with Crippen LogP contribution in [-0.4, -0.2) is 24.1 Å². The fourth-order valence-corrected chi connectivity index (χ4v) is 4.07. The molecule has 4 nitrogen and oxygen atoms in total. The minimum atomic E-state index is -1.94. The van der Waals surface area contributed by atoms with Crippen LogP contribution < -0.4 is 4.43 Å². The third-order valence-electron chi connectivity index (χ3n) is 4.84. The Balaban J connectivity index is 1.83. The number of thiazole rings is 1. The Hall–Kier alpha value is -2.18. The highest BCUT2D eigenvalue weighted by Crippen LogP contribution is 2.37. The normalized spacial score (nSPS) is 12.2. The van der Waals surface area contributed by atoms with Crippen LogP contribution in [0.25, 0.3) is 10.7 Å². The molecular weight excluding hydrogens is 360 g/mol. The number of hydrogen-bond donors (Lipinski definition) is 1. The molecule has 3 rings (SSSR count). The van der Waals surface area contributed by atoms with Crippen molar-refractivity contribution in [2.75, 3.05) is 0 Å². The summed E-state index contributed by atoms with van der Waals surface area (Å²) >= 11 is 1.46. The summed E-state index contributed by atoms with van der Waals surface area (Å²) in [7, 11) is -1.94. The van der Waals surface area contributed by atoms with Gasteiger partial charge < -0.3 is 9.41 Å². The molecule has 3 aromatic rings. The molecule has 0 aliphatic carbocycles. The summed E-state index contributed by atoms with van der Waals surface area (Å²) in [6.07, 6.45) is 1.85. The fraction of sp³-hybridized carbons (Fsp3) is 0.300. The third kappa shape index (κ3) is 3.81. The van der Waals surface area contributed by atoms with Crippen LogP contribution in [0, 0.1) is 0 Å². The van der Waals surface area contributed by atoms with Crippen molar-refractivity contribution in [3.8, 4) is 16.5 Å². The van der Waals surface area contributed by atoms with Crippen molar-refractivity contribution in [2.24, 2.45) is 0 Å². The van der Waals surface area contributed by atoms with E-state index in [0.717, 1.165) is 16.5 Å². The molecule has 0 spiro atoms. The SMILES string of the molecule is CC(C)(C)[Si](C)(C)Oc1cccc(C(=O)c2csc(-c3ccc[nH]3)n2)c1. The summed E-state index contributed by atoms with van der Waals surface area (Å²) in [6, 6.07) is 11.3. The van der Waals surface area contributed by atoms with Gasteiger partial charge in [-0.1, -0.05) is 32.9 Å². The summed E-state index contributed by atoms with van der Waals surface area (Å²) < 4.78 is 6.32. The minimum Gasteiger partial charge on any atom is -0.543 e. The first-order valence-electron chi connectivity index (χ1n) is 8.60. The van der Waals surface area contributed by atoms with Crippen molar-refractivity contribution in [1.29, 1.82) is 0 Å². The number of hydrogen-bond acceptors (Lipinski definition) is 4. The number of nitrogens with one attached hydrogen (secondary N) is 1. The van der Waals surface area contributed by atoms with Crippen molar-refractivity contribution in [3.05, 3.63) is 59.2 Å². The molecule has 26 heavy (non-hydrogen) atoms. The Morgan fingerprint density at radius 2 is 1.96 bits per heavy atom. The Bertz CT molecular complexity index is 908. The van der Waals surface area contributed by atoms with Gasteiger partial charge in [0.05, 0.1) is 5.69 Å². The van der Waals surface area contributed by atoms with Crippen LogP contribution >= 0.6 is 11.3 Å². The second kappa shape index (κ2) is 6.85. The standard InChI is InChI=1S/C20H24N2O2SSi/c1-20(2,3)26(4,5)24-15-9-6-8-14(12-15)18(23)17-13-25-19(22-17)16-10-7-11-21-16/h6-13,21H,1-5H3. The van der Waals surface area contributed by atoms with E-state index < -0.39 is 8.32 Å². The van der Waals surface area contributed by atoms with Crippen LogP contribution in [0.3, 0.4) is 0 Å². The average Bonchev–Trinajstić information content (AvgIpc) is 3.24. The molecule has 1 N–H and O–H groups in total. The first-order chi connectivity index (χ1) is 12.2. The van der Waals surface area contributed by atoms with E-state index in [1.807, 2.05) is 42.6 Å². The summed E-state index contributed by atoms with van der Waals surface area (Å²) in [4.78, 5) is 20.4. The monoisotopic (exact) mass is 384 g/mol. The van der Waals surface area contributed by atoms with E-state index in [1.165, 1.54) is 11.3 Å². The van der Waals surface area contributed by atoms with Gasteiger partial charge in [0, 0.05) is 17.1 Å². The lowest BCUT2D eigenvalue weighted by Gasteiger charge is -2.36. The van der Waals surface area contributed by atoms with Crippen molar-refractivity contribution < 1.29 is 9.22 Å². The van der Waals surface area contributed by atoms with Crippen LogP contribution in [0.1, 0.15) is 36.8 Å². The number of nitrogens with zero attached hydrogens (tertiary/aromatic N) is 1. The smallest absolute Gasteiger partial charge is 0.250 e. The van der Waals surface area contributed by atoms with Crippen LogP contribution in [-0.2, 0) is 0 Å². The van der Waals surface area contributed by atoms with Gasteiger partial charge in [-0.15, -0.1) is 11.3 Å². The van der Waals surface area contributed by atoms with E-state index in [-0.39, 0.29) is 10.8 Å². The zero-order chi connectivity index (χ0) is 18.9. The van der Waals surface area contributed by atoms with Gasteiger partial charge in [-0.3, -0.25) is 4.79 Å². The maximum atomic E-state index is 12.8. The van der Waals surface area contributed by atoms with E-state index in [2.05, 4.69) is 43.8 Å². The predicted octanol–water partition coefficient (Wildman–Crippen LogP) is 5.75. The van der Waals surface area contributed by atoms with Crippen molar-refractivity contribution in [2.45, 2.75) is 38.9 Å². The first kappa shape index (κ1) is 18.6. The highest BCUT2D eigenvalue weighted by atomic mass is 32.1. The van der Waals surface area contributed by atoms with Gasteiger partial charge in [-0.25, -0.2) is 4.98 Å². The number of carbonyl (C=O) groups is 1. The number of ketones is 1. The van der Waals surface area contributed by atoms with Gasteiger partial charge in [-0.05, 0) is 42.4 Å². The van der Waals surface area contributed by atoms with Gasteiger partial charge in [0.15, 0.2) is 0 Å². The minimum absolute atomic E-state index is 0.0836. The molecule has 136 valence electrons. The first-order valence-corrected chi connectivity index (χ1v) is 12.4. The Morgan fingerprint density at radius 1 is 1.19 bits per heavy atom. The lowest BCUT2D eigenvalue weighted by molar-refractivity contribution is 0.103. The average molecular weight is 385 g/mol. The highest BCUT2D eigenvalue weighted by molar-refractivity contribution is 7.13. The van der Waals surface area contributed by atoms with Crippen LogP contribution in [0.4, 0.5) is 0 Å². The summed E-state index contributed by atoms with van der Waals surface area (Å²) in [5.41, 5.74) is 1.98. The fourth-order valence-electron chi connectivity index (χ4n) is 2.26. The molecule has 0 aliphatic heterocycles. The van der Waals surface area contributed by atoms with Gasteiger partial charge in [0.1, 0.15) is 16.5 Å². The molecule has 0 saturated heterocycles. The molecule has 6 heteroatoms. The predicted molar refractivity (Wildman–Crippen MR) is 110 cm³/mol. The molecule has 0 saturated carbocycles. The second-order valence-electron chi connectivity index (χ2n) is 7.84. The van der Waals surface area contributed by atoms with Crippen molar-refractivity contribution in [3.63, 3.8) is 0 Å². The lowest BCUT2D eigenvalue weighted by atomic mass is 10.1. The zero-order valence-corrected chi connectivity index (χ0v) is 17.6. The Kier molecular flexibility index (Phi) is 4.90.